The second kappa shape index (κ2) is 5.98. The molecule has 0 amide bonds. The van der Waals surface area contributed by atoms with Crippen molar-refractivity contribution in [1.29, 1.82) is 0 Å². The molecule has 1 aromatic heterocycles. The summed E-state index contributed by atoms with van der Waals surface area (Å²) in [4.78, 5) is 11.2. The van der Waals surface area contributed by atoms with Crippen molar-refractivity contribution in [3.05, 3.63) is 35.1 Å². The van der Waals surface area contributed by atoms with E-state index in [1.165, 1.54) is 42.3 Å². The highest BCUT2D eigenvalue weighted by molar-refractivity contribution is 8.00. The first-order chi connectivity index (χ1) is 9.10. The van der Waals surface area contributed by atoms with Crippen molar-refractivity contribution < 1.29 is 13.9 Å². The van der Waals surface area contributed by atoms with Crippen LogP contribution in [0.2, 0.25) is 0 Å². The second-order valence-electron chi connectivity index (χ2n) is 3.50. The van der Waals surface area contributed by atoms with E-state index in [0.717, 1.165) is 9.90 Å². The molecule has 0 radical (unpaired) electrons. The molecule has 5 nitrogen and oxygen atoms in total. The fourth-order valence-corrected chi connectivity index (χ4v) is 2.93. The maximum absolute atomic E-state index is 13.7. The smallest absolute Gasteiger partial charge is 0.340 e. The van der Waals surface area contributed by atoms with Gasteiger partial charge in [0, 0.05) is 5.75 Å². The van der Waals surface area contributed by atoms with Crippen molar-refractivity contribution in [1.82, 2.24) is 10.2 Å². The van der Waals surface area contributed by atoms with Crippen LogP contribution in [0.1, 0.15) is 15.9 Å². The lowest BCUT2D eigenvalue weighted by Crippen LogP contribution is -2.04. The zero-order valence-corrected chi connectivity index (χ0v) is 11.6. The van der Waals surface area contributed by atoms with Gasteiger partial charge >= 0.3 is 5.97 Å². The Labute approximate surface area is 117 Å². The topological polar surface area (TPSA) is 78.1 Å². The van der Waals surface area contributed by atoms with E-state index in [1.54, 1.807) is 6.07 Å². The minimum absolute atomic E-state index is 0.0728. The van der Waals surface area contributed by atoms with Gasteiger partial charge < -0.3 is 10.5 Å². The monoisotopic (exact) mass is 299 g/mol. The van der Waals surface area contributed by atoms with Gasteiger partial charge in [0.05, 0.1) is 12.7 Å². The SMILES string of the molecule is COC(=O)c1ccc(CSc2nnc(N)s2)cc1F. The summed E-state index contributed by atoms with van der Waals surface area (Å²) in [5.41, 5.74) is 6.13. The molecule has 100 valence electrons. The first-order valence-corrected chi connectivity index (χ1v) is 6.99. The van der Waals surface area contributed by atoms with Crippen LogP contribution in [0.15, 0.2) is 22.5 Å². The lowest BCUT2D eigenvalue weighted by Gasteiger charge is -2.03. The molecule has 2 rings (SSSR count). The maximum atomic E-state index is 13.7. The van der Waals surface area contributed by atoms with E-state index in [0.29, 0.717) is 10.9 Å². The standard InChI is InChI=1S/C11H10FN3O2S2/c1-17-9(16)7-3-2-6(4-8(7)12)5-18-11-15-14-10(13)19-11/h2-4H,5H2,1H3,(H2,13,14). The summed E-state index contributed by atoms with van der Waals surface area (Å²) in [6.45, 7) is 0. The number of carbonyl (C=O) groups is 1. The minimum atomic E-state index is -0.686. The van der Waals surface area contributed by atoms with E-state index in [9.17, 15) is 9.18 Å². The van der Waals surface area contributed by atoms with Crippen molar-refractivity contribution >= 4 is 34.2 Å². The number of anilines is 1. The number of nitrogens with two attached hydrogens (primary N) is 1. The van der Waals surface area contributed by atoms with Crippen LogP contribution < -0.4 is 5.73 Å². The highest BCUT2D eigenvalue weighted by atomic mass is 32.2. The highest BCUT2D eigenvalue weighted by Crippen LogP contribution is 2.27. The van der Waals surface area contributed by atoms with E-state index in [2.05, 4.69) is 14.9 Å². The summed E-state index contributed by atoms with van der Waals surface area (Å²) in [5.74, 6) is -0.761. The summed E-state index contributed by atoms with van der Waals surface area (Å²) >= 11 is 2.68. The van der Waals surface area contributed by atoms with E-state index < -0.39 is 11.8 Å². The summed E-state index contributed by atoms with van der Waals surface area (Å²) in [5, 5.41) is 7.93. The molecule has 0 aliphatic heterocycles. The summed E-state index contributed by atoms with van der Waals surface area (Å²) < 4.78 is 18.9. The molecule has 0 fully saturated rings. The Bertz CT molecular complexity index is 603. The van der Waals surface area contributed by atoms with E-state index in [1.807, 2.05) is 0 Å². The van der Waals surface area contributed by atoms with Gasteiger partial charge in [-0.05, 0) is 17.7 Å². The van der Waals surface area contributed by atoms with Crippen LogP contribution in [0.4, 0.5) is 9.52 Å². The predicted octanol–water partition coefficient (Wildman–Crippen LogP) is 2.34. The number of ether oxygens (including phenoxy) is 1. The van der Waals surface area contributed by atoms with Crippen LogP contribution in [0, 0.1) is 5.82 Å². The molecule has 2 aromatic rings. The lowest BCUT2D eigenvalue weighted by molar-refractivity contribution is 0.0595. The summed E-state index contributed by atoms with van der Waals surface area (Å²) in [7, 11) is 1.21. The number of hydrogen-bond acceptors (Lipinski definition) is 7. The quantitative estimate of drug-likeness (QED) is 0.689. The van der Waals surface area contributed by atoms with E-state index in [4.69, 9.17) is 5.73 Å². The summed E-state index contributed by atoms with van der Waals surface area (Å²) in [6, 6.07) is 4.39. The number of esters is 1. The third-order valence-electron chi connectivity index (χ3n) is 2.22. The van der Waals surface area contributed by atoms with Gasteiger partial charge in [-0.25, -0.2) is 9.18 Å². The number of halogens is 1. The fourth-order valence-electron chi connectivity index (χ4n) is 1.35. The summed E-state index contributed by atoms with van der Waals surface area (Å²) in [6.07, 6.45) is 0. The largest absolute Gasteiger partial charge is 0.465 e. The number of carbonyl (C=O) groups excluding carboxylic acids is 1. The number of nitrogen functional groups attached to an aromatic ring is 1. The Morgan fingerprint density at radius 3 is 2.89 bits per heavy atom. The molecule has 0 aliphatic rings. The molecule has 0 atom stereocenters. The van der Waals surface area contributed by atoms with Gasteiger partial charge in [-0.2, -0.15) is 0 Å². The van der Waals surface area contributed by atoms with Gasteiger partial charge in [-0.15, -0.1) is 10.2 Å². The number of benzene rings is 1. The number of hydrogen-bond donors (Lipinski definition) is 1. The molecule has 0 aliphatic carbocycles. The fraction of sp³-hybridized carbons (Fsp3) is 0.182. The normalized spacial score (nSPS) is 10.4. The third kappa shape index (κ3) is 3.42. The molecule has 1 heterocycles. The molecule has 0 saturated carbocycles. The Hall–Kier alpha value is -1.67. The van der Waals surface area contributed by atoms with Gasteiger partial charge in [0.2, 0.25) is 5.13 Å². The predicted molar refractivity (Wildman–Crippen MR) is 71.6 cm³/mol. The Morgan fingerprint density at radius 1 is 1.53 bits per heavy atom. The van der Waals surface area contributed by atoms with Gasteiger partial charge in [-0.1, -0.05) is 29.2 Å². The van der Waals surface area contributed by atoms with Crippen molar-refractivity contribution in [2.45, 2.75) is 10.1 Å². The molecular formula is C11H10FN3O2S2. The molecule has 19 heavy (non-hydrogen) atoms. The van der Waals surface area contributed by atoms with Crippen molar-refractivity contribution in [3.8, 4) is 0 Å². The highest BCUT2D eigenvalue weighted by Gasteiger charge is 2.12. The van der Waals surface area contributed by atoms with Crippen LogP contribution in [0.25, 0.3) is 0 Å². The Kier molecular flexibility index (Phi) is 4.33. The molecule has 0 saturated heterocycles. The molecule has 0 bridgehead atoms. The zero-order chi connectivity index (χ0) is 13.8. The van der Waals surface area contributed by atoms with Gasteiger partial charge in [-0.3, -0.25) is 0 Å². The average Bonchev–Trinajstić information content (AvgIpc) is 2.81. The van der Waals surface area contributed by atoms with Crippen LogP contribution >= 0.6 is 23.1 Å². The third-order valence-corrected chi connectivity index (χ3v) is 4.18. The second-order valence-corrected chi connectivity index (χ2v) is 5.73. The molecule has 1 aromatic carbocycles. The van der Waals surface area contributed by atoms with Crippen LogP contribution in [-0.2, 0) is 10.5 Å². The molecule has 2 N–H and O–H groups in total. The molecule has 8 heteroatoms. The number of nitrogens with zero attached hydrogens (tertiary/aromatic N) is 2. The van der Waals surface area contributed by atoms with Crippen molar-refractivity contribution in [2.24, 2.45) is 0 Å². The first-order valence-electron chi connectivity index (χ1n) is 5.18. The maximum Gasteiger partial charge on any atom is 0.340 e. The van der Waals surface area contributed by atoms with Crippen molar-refractivity contribution in [3.63, 3.8) is 0 Å². The molecule has 0 spiro atoms. The average molecular weight is 299 g/mol. The van der Waals surface area contributed by atoms with Gasteiger partial charge in [0.25, 0.3) is 0 Å². The van der Waals surface area contributed by atoms with E-state index in [-0.39, 0.29) is 5.56 Å². The molecular weight excluding hydrogens is 289 g/mol. The van der Waals surface area contributed by atoms with Crippen molar-refractivity contribution in [2.75, 3.05) is 12.8 Å². The minimum Gasteiger partial charge on any atom is -0.465 e. The number of methoxy groups -OCH3 is 1. The number of aromatic nitrogens is 2. The lowest BCUT2D eigenvalue weighted by atomic mass is 10.1. The molecule has 0 unspecified atom stereocenters. The van der Waals surface area contributed by atoms with Crippen LogP contribution in [0.5, 0.6) is 0 Å². The zero-order valence-electron chi connectivity index (χ0n) is 9.92. The van der Waals surface area contributed by atoms with Gasteiger partial charge in [0.15, 0.2) is 4.34 Å². The first kappa shape index (κ1) is 13.8. The number of rotatable bonds is 4. The number of thioether (sulfide) groups is 1. The van der Waals surface area contributed by atoms with E-state index >= 15 is 0 Å². The Morgan fingerprint density at radius 2 is 2.32 bits per heavy atom. The van der Waals surface area contributed by atoms with Crippen LogP contribution in [0.3, 0.4) is 0 Å². The van der Waals surface area contributed by atoms with Crippen LogP contribution in [-0.4, -0.2) is 23.3 Å². The Balaban J connectivity index is 2.06. The van der Waals surface area contributed by atoms with Gasteiger partial charge in [0.1, 0.15) is 5.82 Å².